The molecule has 1 aromatic carbocycles. The topological polar surface area (TPSA) is 123 Å². The Morgan fingerprint density at radius 1 is 1.09 bits per heavy atom. The number of carbonyl (C=O) groups is 1. The Morgan fingerprint density at radius 3 is 2.41 bits per heavy atom. The largest absolute Gasteiger partial charge is 0.384 e. The molecule has 1 N–H and O–H groups in total. The van der Waals surface area contributed by atoms with E-state index in [1.165, 1.54) is 36.7 Å². The third kappa shape index (κ3) is 5.05. The fraction of sp³-hybridized carbons (Fsp3) is 0.476. The fourth-order valence-corrected chi connectivity index (χ4v) is 3.84. The van der Waals surface area contributed by atoms with Gasteiger partial charge in [-0.25, -0.2) is 4.79 Å². The molecule has 0 atom stereocenters. The van der Waals surface area contributed by atoms with Crippen molar-refractivity contribution in [1.82, 2.24) is 14.0 Å². The number of hydrogen-bond acceptors (Lipinski definition) is 8. The summed E-state index contributed by atoms with van der Waals surface area (Å²) in [5.74, 6) is 0.409. The smallest absolute Gasteiger partial charge is 0.332 e. The lowest BCUT2D eigenvalue weighted by Gasteiger charge is -2.36. The van der Waals surface area contributed by atoms with Gasteiger partial charge < -0.3 is 10.2 Å². The summed E-state index contributed by atoms with van der Waals surface area (Å²) in [7, 11) is 3.14. The second kappa shape index (κ2) is 9.77. The lowest BCUT2D eigenvalue weighted by Crippen LogP contribution is -2.49. The fourth-order valence-electron chi connectivity index (χ4n) is 3.84. The number of non-ortho nitro benzene ring substituents is 1. The molecule has 0 aliphatic carbocycles. The van der Waals surface area contributed by atoms with Gasteiger partial charge in [0.05, 0.1) is 4.92 Å². The average Bonchev–Trinajstić information content (AvgIpc) is 2.78. The quantitative estimate of drug-likeness (QED) is 0.275. The predicted octanol–water partition coefficient (Wildman–Crippen LogP) is 0.819. The van der Waals surface area contributed by atoms with Gasteiger partial charge in [0.25, 0.3) is 11.2 Å². The van der Waals surface area contributed by atoms with E-state index in [0.717, 1.165) is 30.6 Å². The third-order valence-corrected chi connectivity index (χ3v) is 5.76. The Balaban J connectivity index is 1.51. The zero-order valence-electron chi connectivity index (χ0n) is 18.5. The van der Waals surface area contributed by atoms with Gasteiger partial charge in [-0.3, -0.25) is 33.7 Å². The third-order valence-electron chi connectivity index (χ3n) is 5.76. The van der Waals surface area contributed by atoms with E-state index in [1.54, 1.807) is 13.1 Å². The van der Waals surface area contributed by atoms with Gasteiger partial charge >= 0.3 is 5.69 Å². The van der Waals surface area contributed by atoms with Crippen LogP contribution in [0.3, 0.4) is 0 Å². The van der Waals surface area contributed by atoms with Crippen molar-refractivity contribution in [3.05, 3.63) is 60.8 Å². The molecule has 32 heavy (non-hydrogen) atoms. The van der Waals surface area contributed by atoms with Crippen LogP contribution in [0.5, 0.6) is 0 Å². The molecule has 1 saturated heterocycles. The summed E-state index contributed by atoms with van der Waals surface area (Å²) < 4.78 is 2.59. The number of anilines is 2. The van der Waals surface area contributed by atoms with Crippen molar-refractivity contribution in [2.75, 3.05) is 49.5 Å². The van der Waals surface area contributed by atoms with Gasteiger partial charge in [0.1, 0.15) is 5.82 Å². The SMILES string of the molecule is CC(=O)c1cc([N+](=O)[O-])ccc1NCCCN1CCN(c2cc(=O)n(C)c(=O)n2C)CC1. The number of nitro groups is 1. The maximum atomic E-state index is 12.2. The maximum absolute atomic E-state index is 12.2. The minimum Gasteiger partial charge on any atom is -0.384 e. The number of nitro benzene ring substituents is 1. The van der Waals surface area contributed by atoms with E-state index in [2.05, 4.69) is 10.2 Å². The Labute approximate surface area is 185 Å². The molecule has 1 aromatic heterocycles. The molecule has 1 aliphatic rings. The molecular weight excluding hydrogens is 416 g/mol. The van der Waals surface area contributed by atoms with Crippen molar-refractivity contribution >= 4 is 23.0 Å². The second-order valence-electron chi connectivity index (χ2n) is 7.89. The van der Waals surface area contributed by atoms with Crippen molar-refractivity contribution < 1.29 is 9.72 Å². The molecule has 0 radical (unpaired) electrons. The number of piperazine rings is 1. The molecule has 1 aliphatic heterocycles. The summed E-state index contributed by atoms with van der Waals surface area (Å²) in [6, 6.07) is 5.76. The number of hydrogen-bond donors (Lipinski definition) is 1. The van der Waals surface area contributed by atoms with Crippen molar-refractivity contribution in [2.24, 2.45) is 14.1 Å². The minimum absolute atomic E-state index is 0.104. The number of nitrogens with one attached hydrogen (secondary N) is 1. The van der Waals surface area contributed by atoms with Crippen molar-refractivity contribution in [3.8, 4) is 0 Å². The Hall–Kier alpha value is -3.47. The average molecular weight is 444 g/mol. The number of rotatable bonds is 8. The number of carbonyl (C=O) groups excluding carboxylic acids is 1. The van der Waals surface area contributed by atoms with Crippen LogP contribution in [0, 0.1) is 10.1 Å². The second-order valence-corrected chi connectivity index (χ2v) is 7.89. The van der Waals surface area contributed by atoms with Crippen LogP contribution < -0.4 is 21.5 Å². The molecule has 2 heterocycles. The van der Waals surface area contributed by atoms with Crippen molar-refractivity contribution in [3.63, 3.8) is 0 Å². The number of benzene rings is 1. The molecule has 11 nitrogen and oxygen atoms in total. The number of ketones is 1. The first-order valence-corrected chi connectivity index (χ1v) is 10.5. The molecule has 0 spiro atoms. The Kier molecular flexibility index (Phi) is 7.08. The number of Topliss-reactive ketones (excluding diaryl/α,β-unsaturated/α-hetero) is 1. The van der Waals surface area contributed by atoms with E-state index < -0.39 is 4.92 Å². The first kappa shape index (κ1) is 23.2. The molecule has 0 amide bonds. The van der Waals surface area contributed by atoms with E-state index in [9.17, 15) is 24.5 Å². The lowest BCUT2D eigenvalue weighted by molar-refractivity contribution is -0.384. The Bertz CT molecular complexity index is 1130. The summed E-state index contributed by atoms with van der Waals surface area (Å²) in [6.45, 7) is 5.90. The van der Waals surface area contributed by atoms with E-state index in [0.29, 0.717) is 36.7 Å². The summed E-state index contributed by atoms with van der Waals surface area (Å²) in [4.78, 5) is 50.7. The molecule has 1 fully saturated rings. The molecule has 0 saturated carbocycles. The van der Waals surface area contributed by atoms with Gasteiger partial charge in [0, 0.05) is 76.3 Å². The van der Waals surface area contributed by atoms with Gasteiger partial charge in [0.15, 0.2) is 5.78 Å². The van der Waals surface area contributed by atoms with Crippen LogP contribution in [-0.4, -0.2) is 64.0 Å². The maximum Gasteiger partial charge on any atom is 0.332 e. The highest BCUT2D eigenvalue weighted by Crippen LogP contribution is 2.22. The summed E-state index contributed by atoms with van der Waals surface area (Å²) in [6.07, 6.45) is 0.832. The van der Waals surface area contributed by atoms with Gasteiger partial charge in [-0.15, -0.1) is 0 Å². The molecule has 172 valence electrons. The van der Waals surface area contributed by atoms with E-state index >= 15 is 0 Å². The number of nitrogens with zero attached hydrogens (tertiary/aromatic N) is 5. The van der Waals surface area contributed by atoms with Crippen molar-refractivity contribution in [2.45, 2.75) is 13.3 Å². The zero-order valence-corrected chi connectivity index (χ0v) is 18.5. The highest BCUT2D eigenvalue weighted by atomic mass is 16.6. The standard InChI is InChI=1S/C21H28N6O5/c1-15(28)17-13-16(27(31)32)5-6-18(17)22-7-4-8-25-9-11-26(12-10-25)19-14-20(29)24(3)21(30)23(19)2/h5-6,13-14,22H,4,7-12H2,1-3H3. The highest BCUT2D eigenvalue weighted by Gasteiger charge is 2.20. The molecular formula is C21H28N6O5. The molecule has 0 unspecified atom stereocenters. The number of aromatic nitrogens is 2. The molecule has 3 rings (SSSR count). The summed E-state index contributed by atoms with van der Waals surface area (Å²) >= 11 is 0. The van der Waals surface area contributed by atoms with Crippen LogP contribution in [0.2, 0.25) is 0 Å². The van der Waals surface area contributed by atoms with Crippen LogP contribution in [0.4, 0.5) is 17.2 Å². The predicted molar refractivity (Wildman–Crippen MR) is 122 cm³/mol. The van der Waals surface area contributed by atoms with Crippen LogP contribution in [0.25, 0.3) is 0 Å². The van der Waals surface area contributed by atoms with Crippen LogP contribution >= 0.6 is 0 Å². The molecule has 11 heteroatoms. The van der Waals surface area contributed by atoms with E-state index in [-0.39, 0.29) is 22.7 Å². The summed E-state index contributed by atoms with van der Waals surface area (Å²) in [5, 5.41) is 14.1. The van der Waals surface area contributed by atoms with Gasteiger partial charge in [0.2, 0.25) is 0 Å². The monoisotopic (exact) mass is 444 g/mol. The minimum atomic E-state index is -0.513. The first-order valence-electron chi connectivity index (χ1n) is 10.5. The van der Waals surface area contributed by atoms with Crippen LogP contribution in [-0.2, 0) is 14.1 Å². The zero-order chi connectivity index (χ0) is 23.4. The van der Waals surface area contributed by atoms with Crippen molar-refractivity contribution in [1.29, 1.82) is 0 Å². The normalized spacial score (nSPS) is 14.4. The van der Waals surface area contributed by atoms with E-state index in [4.69, 9.17) is 0 Å². The highest BCUT2D eigenvalue weighted by molar-refractivity contribution is 6.00. The molecule has 2 aromatic rings. The lowest BCUT2D eigenvalue weighted by atomic mass is 10.1. The first-order chi connectivity index (χ1) is 15.2. The Morgan fingerprint density at radius 2 is 1.78 bits per heavy atom. The van der Waals surface area contributed by atoms with E-state index in [1.807, 2.05) is 4.90 Å². The molecule has 0 bridgehead atoms. The van der Waals surface area contributed by atoms with Gasteiger partial charge in [-0.05, 0) is 26.0 Å². The summed E-state index contributed by atoms with van der Waals surface area (Å²) in [5.41, 5.74) is 0.157. The van der Waals surface area contributed by atoms with Crippen LogP contribution in [0.1, 0.15) is 23.7 Å². The van der Waals surface area contributed by atoms with Crippen LogP contribution in [0.15, 0.2) is 33.9 Å². The van der Waals surface area contributed by atoms with Gasteiger partial charge in [-0.1, -0.05) is 0 Å². The van der Waals surface area contributed by atoms with Gasteiger partial charge in [-0.2, -0.15) is 0 Å².